The Bertz CT molecular complexity index is 1200. The number of benzene rings is 1. The lowest BCUT2D eigenvalue weighted by atomic mass is 10.2. The van der Waals surface area contributed by atoms with Gasteiger partial charge in [-0.15, -0.1) is 0 Å². The van der Waals surface area contributed by atoms with E-state index in [2.05, 4.69) is 20.7 Å². The maximum absolute atomic E-state index is 12.9. The molecule has 2 amide bonds. The van der Waals surface area contributed by atoms with Crippen LogP contribution in [0.3, 0.4) is 0 Å². The van der Waals surface area contributed by atoms with Crippen LogP contribution >= 0.6 is 11.8 Å². The third-order valence-corrected chi connectivity index (χ3v) is 5.26. The van der Waals surface area contributed by atoms with Gasteiger partial charge in [0.1, 0.15) is 6.04 Å². The summed E-state index contributed by atoms with van der Waals surface area (Å²) in [5.41, 5.74) is 2.22. The van der Waals surface area contributed by atoms with Crippen molar-refractivity contribution >= 4 is 40.5 Å². The van der Waals surface area contributed by atoms with Crippen LogP contribution in [0.25, 0.3) is 5.52 Å². The summed E-state index contributed by atoms with van der Waals surface area (Å²) in [6.07, 6.45) is 7.16. The molecule has 0 spiro atoms. The Morgan fingerprint density at radius 1 is 1.03 bits per heavy atom. The van der Waals surface area contributed by atoms with Gasteiger partial charge in [-0.3, -0.25) is 18.7 Å². The van der Waals surface area contributed by atoms with Gasteiger partial charge in [0.25, 0.3) is 5.91 Å². The van der Waals surface area contributed by atoms with E-state index in [4.69, 9.17) is 0 Å². The summed E-state index contributed by atoms with van der Waals surface area (Å²) < 4.78 is 3.46. The smallest absolute Gasteiger partial charge is 0.276 e. The fraction of sp³-hybridized carbons (Fsp3) is 0.143. The van der Waals surface area contributed by atoms with Gasteiger partial charge in [-0.1, -0.05) is 23.9 Å². The highest BCUT2D eigenvalue weighted by Gasteiger charge is 2.18. The van der Waals surface area contributed by atoms with Crippen LogP contribution in [0.1, 0.15) is 23.5 Å². The summed E-state index contributed by atoms with van der Waals surface area (Å²) in [6.45, 7) is 1.77. The molecular formula is C21H20N6O2S. The number of pyridine rings is 1. The maximum atomic E-state index is 12.9. The first kappa shape index (κ1) is 19.7. The Morgan fingerprint density at radius 3 is 2.57 bits per heavy atom. The quantitative estimate of drug-likeness (QED) is 0.464. The normalized spacial score (nSPS) is 11.9. The zero-order chi connectivity index (χ0) is 21.1. The number of amides is 2. The van der Waals surface area contributed by atoms with E-state index in [0.717, 1.165) is 10.7 Å². The molecule has 3 heterocycles. The minimum Gasteiger partial charge on any atom is -0.324 e. The van der Waals surface area contributed by atoms with Crippen molar-refractivity contribution in [2.75, 3.05) is 16.9 Å². The van der Waals surface area contributed by atoms with Crippen molar-refractivity contribution in [1.82, 2.24) is 19.2 Å². The molecule has 3 aromatic heterocycles. The van der Waals surface area contributed by atoms with E-state index < -0.39 is 6.04 Å². The van der Waals surface area contributed by atoms with Crippen LogP contribution in [0.2, 0.25) is 0 Å². The van der Waals surface area contributed by atoms with Gasteiger partial charge in [0.15, 0.2) is 10.9 Å². The van der Waals surface area contributed by atoms with Gasteiger partial charge in [-0.2, -0.15) is 5.10 Å². The SMILES string of the molecule is CSc1nc(C(=O)Nc2cccc(NC(=O)C(C)n3cccn3)c2)c2ccccn12. The zero-order valence-electron chi connectivity index (χ0n) is 16.4. The largest absolute Gasteiger partial charge is 0.324 e. The molecule has 1 atom stereocenters. The lowest BCUT2D eigenvalue weighted by molar-refractivity contribution is -0.119. The number of aromatic nitrogens is 4. The number of carbonyl (C=O) groups is 2. The molecule has 0 aliphatic heterocycles. The average molecular weight is 420 g/mol. The summed E-state index contributed by atoms with van der Waals surface area (Å²) in [6, 6.07) is 13.9. The van der Waals surface area contributed by atoms with Crippen LogP contribution in [0, 0.1) is 0 Å². The van der Waals surface area contributed by atoms with E-state index in [1.54, 1.807) is 54.3 Å². The molecule has 0 saturated carbocycles. The molecule has 2 N–H and O–H groups in total. The van der Waals surface area contributed by atoms with E-state index in [9.17, 15) is 9.59 Å². The molecule has 0 radical (unpaired) electrons. The van der Waals surface area contributed by atoms with Crippen LogP contribution in [0.4, 0.5) is 11.4 Å². The number of hydrogen-bond acceptors (Lipinski definition) is 5. The van der Waals surface area contributed by atoms with Crippen molar-refractivity contribution in [3.8, 4) is 0 Å². The van der Waals surface area contributed by atoms with Crippen molar-refractivity contribution in [2.24, 2.45) is 0 Å². The number of imidazole rings is 1. The molecule has 0 aliphatic carbocycles. The first-order valence-corrected chi connectivity index (χ1v) is 10.5. The molecule has 9 heteroatoms. The molecule has 8 nitrogen and oxygen atoms in total. The van der Waals surface area contributed by atoms with Gasteiger partial charge in [0, 0.05) is 30.0 Å². The molecule has 4 rings (SSSR count). The Kier molecular flexibility index (Phi) is 5.53. The molecule has 1 aromatic carbocycles. The number of nitrogens with one attached hydrogen (secondary N) is 2. The highest BCUT2D eigenvalue weighted by atomic mass is 32.2. The molecule has 30 heavy (non-hydrogen) atoms. The Balaban J connectivity index is 1.51. The molecule has 0 saturated heterocycles. The van der Waals surface area contributed by atoms with Crippen molar-refractivity contribution < 1.29 is 9.59 Å². The van der Waals surface area contributed by atoms with E-state index >= 15 is 0 Å². The lowest BCUT2D eigenvalue weighted by Gasteiger charge is -2.13. The fourth-order valence-corrected chi connectivity index (χ4v) is 3.60. The van der Waals surface area contributed by atoms with Gasteiger partial charge in [-0.25, -0.2) is 4.98 Å². The summed E-state index contributed by atoms with van der Waals surface area (Å²) >= 11 is 1.47. The number of rotatable bonds is 6. The van der Waals surface area contributed by atoms with E-state index in [0.29, 0.717) is 17.1 Å². The second-order valence-corrected chi connectivity index (χ2v) is 7.36. The third kappa shape index (κ3) is 3.92. The van der Waals surface area contributed by atoms with Crippen molar-refractivity contribution in [3.63, 3.8) is 0 Å². The van der Waals surface area contributed by atoms with Crippen LogP contribution in [-0.2, 0) is 4.79 Å². The Hall–Kier alpha value is -3.59. The predicted molar refractivity (Wildman–Crippen MR) is 117 cm³/mol. The number of anilines is 2. The lowest BCUT2D eigenvalue weighted by Crippen LogP contribution is -2.24. The standard InChI is InChI=1S/C21H20N6O2S/c1-14(27-12-6-10-22-27)19(28)23-15-7-5-8-16(13-15)24-20(29)18-17-9-3-4-11-26(17)21(25-18)30-2/h3-14H,1-2H3,(H,23,28)(H,24,29). The van der Waals surface area contributed by atoms with Crippen molar-refractivity contribution in [2.45, 2.75) is 18.1 Å². The minimum atomic E-state index is -0.458. The van der Waals surface area contributed by atoms with Gasteiger partial charge < -0.3 is 10.6 Å². The van der Waals surface area contributed by atoms with Gasteiger partial charge in [-0.05, 0) is 49.6 Å². The molecule has 152 valence electrons. The first-order valence-electron chi connectivity index (χ1n) is 9.29. The van der Waals surface area contributed by atoms with Crippen LogP contribution in [-0.4, -0.2) is 37.2 Å². The highest BCUT2D eigenvalue weighted by molar-refractivity contribution is 7.98. The highest BCUT2D eigenvalue weighted by Crippen LogP contribution is 2.22. The summed E-state index contributed by atoms with van der Waals surface area (Å²) in [5, 5.41) is 10.5. The van der Waals surface area contributed by atoms with Crippen molar-refractivity contribution in [1.29, 1.82) is 0 Å². The minimum absolute atomic E-state index is 0.202. The second-order valence-electron chi connectivity index (χ2n) is 6.59. The number of thioether (sulfide) groups is 1. The summed E-state index contributed by atoms with van der Waals surface area (Å²) in [4.78, 5) is 29.8. The molecular weight excluding hydrogens is 400 g/mol. The average Bonchev–Trinajstić information content (AvgIpc) is 3.41. The number of carbonyl (C=O) groups excluding carboxylic acids is 2. The topological polar surface area (TPSA) is 93.3 Å². The molecule has 1 unspecified atom stereocenters. The molecule has 0 aliphatic rings. The van der Waals surface area contributed by atoms with E-state index in [1.165, 1.54) is 11.8 Å². The Morgan fingerprint density at radius 2 is 1.83 bits per heavy atom. The fourth-order valence-electron chi connectivity index (χ4n) is 3.06. The third-order valence-electron chi connectivity index (χ3n) is 4.60. The monoisotopic (exact) mass is 420 g/mol. The number of nitrogens with zero attached hydrogens (tertiary/aromatic N) is 4. The van der Waals surface area contributed by atoms with Gasteiger partial charge >= 0.3 is 0 Å². The molecule has 0 fully saturated rings. The maximum Gasteiger partial charge on any atom is 0.276 e. The van der Waals surface area contributed by atoms with Crippen LogP contribution in [0.15, 0.2) is 72.3 Å². The van der Waals surface area contributed by atoms with Gasteiger partial charge in [0.2, 0.25) is 5.91 Å². The molecule has 0 bridgehead atoms. The number of hydrogen-bond donors (Lipinski definition) is 2. The van der Waals surface area contributed by atoms with E-state index in [-0.39, 0.29) is 11.8 Å². The van der Waals surface area contributed by atoms with Crippen LogP contribution < -0.4 is 10.6 Å². The van der Waals surface area contributed by atoms with Crippen LogP contribution in [0.5, 0.6) is 0 Å². The Labute approximate surface area is 177 Å². The predicted octanol–water partition coefficient (Wildman–Crippen LogP) is 3.70. The second kappa shape index (κ2) is 8.42. The zero-order valence-corrected chi connectivity index (χ0v) is 17.3. The number of fused-ring (bicyclic) bond motifs is 1. The first-order chi connectivity index (χ1) is 14.6. The van der Waals surface area contributed by atoms with Gasteiger partial charge in [0.05, 0.1) is 5.52 Å². The summed E-state index contributed by atoms with van der Waals surface area (Å²) in [7, 11) is 0. The van der Waals surface area contributed by atoms with E-state index in [1.807, 2.05) is 35.1 Å². The summed E-state index contributed by atoms with van der Waals surface area (Å²) in [5.74, 6) is -0.515. The molecule has 4 aromatic rings. The van der Waals surface area contributed by atoms with Crippen molar-refractivity contribution in [3.05, 3.63) is 72.8 Å².